The molecule has 0 fully saturated rings. The maximum absolute atomic E-state index is 6.17. The van der Waals surface area contributed by atoms with Crippen LogP contribution in [-0.4, -0.2) is 9.13 Å². The van der Waals surface area contributed by atoms with Gasteiger partial charge in [-0.05, 0) is 93.5 Å². The molecule has 13 aromatic rings. The first-order valence-electron chi connectivity index (χ1n) is 21.6. The SMILES string of the molecule is c1ccc(-n2c3ccccc3c3c(-c4cccc5c6ccccc6n(-c6ccc(-c7ccc(-c8ccc(-c9cccc%10oc%11ccccc%11c9%10)cc8)cc7)cc6)c45)cccc32)cc1. The topological polar surface area (TPSA) is 23.0 Å². The average molecular weight is 803 g/mol. The number of aromatic nitrogens is 2. The minimum absolute atomic E-state index is 0.915. The van der Waals surface area contributed by atoms with Gasteiger partial charge in [-0.15, -0.1) is 0 Å². The summed E-state index contributed by atoms with van der Waals surface area (Å²) in [6.45, 7) is 0. The van der Waals surface area contributed by atoms with Crippen LogP contribution in [-0.2, 0) is 0 Å². The lowest BCUT2D eigenvalue weighted by Crippen LogP contribution is -1.96. The molecule has 294 valence electrons. The van der Waals surface area contributed by atoms with Crippen molar-refractivity contribution in [2.24, 2.45) is 0 Å². The van der Waals surface area contributed by atoms with Gasteiger partial charge >= 0.3 is 0 Å². The molecule has 0 saturated heterocycles. The van der Waals surface area contributed by atoms with Crippen LogP contribution in [0, 0.1) is 0 Å². The number of hydrogen-bond donors (Lipinski definition) is 0. The van der Waals surface area contributed by atoms with Gasteiger partial charge in [0, 0.05) is 49.3 Å². The Hall–Kier alpha value is -8.40. The van der Waals surface area contributed by atoms with Gasteiger partial charge in [0.25, 0.3) is 0 Å². The van der Waals surface area contributed by atoms with Crippen LogP contribution in [0.3, 0.4) is 0 Å². The fourth-order valence-corrected chi connectivity index (χ4v) is 10.1. The summed E-state index contributed by atoms with van der Waals surface area (Å²) in [7, 11) is 0. The van der Waals surface area contributed by atoms with Gasteiger partial charge in [-0.25, -0.2) is 0 Å². The van der Waals surface area contributed by atoms with Crippen molar-refractivity contribution in [1.82, 2.24) is 9.13 Å². The van der Waals surface area contributed by atoms with Crippen molar-refractivity contribution in [3.05, 3.63) is 231 Å². The number of para-hydroxylation sites is 5. The third-order valence-corrected chi connectivity index (χ3v) is 13.0. The molecule has 3 aromatic heterocycles. The summed E-state index contributed by atoms with van der Waals surface area (Å²) in [6.07, 6.45) is 0. The standard InChI is InChI=1S/C60H38N2O/c1-2-13-44(14-3-1)61-54-23-8-5-16-51(54)58-48(19-11-24-55(58)61)50-21-10-20-49-47-15-4-7-22-53(47)62(60(49)50)45-37-35-42(36-38-45)40-29-27-39(28-30-40)41-31-33-43(34-32-41)46-18-12-26-57-59(46)52-17-6-9-25-56(52)63-57/h1-38H. The van der Waals surface area contributed by atoms with E-state index in [-0.39, 0.29) is 0 Å². The number of benzene rings is 10. The van der Waals surface area contributed by atoms with Crippen molar-refractivity contribution in [2.75, 3.05) is 0 Å². The first kappa shape index (κ1) is 35.4. The highest BCUT2D eigenvalue weighted by molar-refractivity contribution is 6.20. The highest BCUT2D eigenvalue weighted by atomic mass is 16.3. The third kappa shape index (κ3) is 5.53. The Morgan fingerprint density at radius 2 is 0.730 bits per heavy atom. The van der Waals surface area contributed by atoms with Crippen molar-refractivity contribution in [3.63, 3.8) is 0 Å². The first-order chi connectivity index (χ1) is 31.3. The highest BCUT2D eigenvalue weighted by Crippen LogP contribution is 2.44. The number of furan rings is 1. The van der Waals surface area contributed by atoms with E-state index >= 15 is 0 Å². The zero-order chi connectivity index (χ0) is 41.4. The molecule has 13 rings (SSSR count). The molecule has 0 N–H and O–H groups in total. The van der Waals surface area contributed by atoms with E-state index in [1.807, 2.05) is 12.1 Å². The molecule has 0 saturated carbocycles. The van der Waals surface area contributed by atoms with Gasteiger partial charge in [-0.2, -0.15) is 0 Å². The lowest BCUT2D eigenvalue weighted by Gasteiger charge is -2.14. The molecule has 3 heteroatoms. The summed E-state index contributed by atoms with van der Waals surface area (Å²) in [6, 6.07) is 83.4. The molecule has 0 bridgehead atoms. The van der Waals surface area contributed by atoms with Crippen LogP contribution in [0.5, 0.6) is 0 Å². The van der Waals surface area contributed by atoms with Gasteiger partial charge in [0.05, 0.1) is 22.1 Å². The summed E-state index contributed by atoms with van der Waals surface area (Å²) in [5, 5.41) is 7.30. The summed E-state index contributed by atoms with van der Waals surface area (Å²) < 4.78 is 11.0. The van der Waals surface area contributed by atoms with Crippen LogP contribution in [0.25, 0.3) is 121 Å². The monoisotopic (exact) mass is 802 g/mol. The number of nitrogens with zero attached hydrogens (tertiary/aromatic N) is 2. The zero-order valence-electron chi connectivity index (χ0n) is 34.2. The Morgan fingerprint density at radius 3 is 1.46 bits per heavy atom. The molecule has 0 unspecified atom stereocenters. The quantitative estimate of drug-likeness (QED) is 0.164. The van der Waals surface area contributed by atoms with Gasteiger partial charge in [0.1, 0.15) is 11.2 Å². The van der Waals surface area contributed by atoms with E-state index in [1.54, 1.807) is 0 Å². The summed E-state index contributed by atoms with van der Waals surface area (Å²) >= 11 is 0. The molecule has 0 aliphatic carbocycles. The van der Waals surface area contributed by atoms with E-state index in [1.165, 1.54) is 88.1 Å². The Bertz CT molecular complexity index is 3870. The zero-order valence-corrected chi connectivity index (χ0v) is 34.2. The molecule has 0 aliphatic rings. The summed E-state index contributed by atoms with van der Waals surface area (Å²) in [5.41, 5.74) is 18.5. The van der Waals surface area contributed by atoms with Gasteiger partial charge in [0.2, 0.25) is 0 Å². The maximum Gasteiger partial charge on any atom is 0.136 e. The van der Waals surface area contributed by atoms with Crippen LogP contribution in [0.4, 0.5) is 0 Å². The van der Waals surface area contributed by atoms with Crippen molar-refractivity contribution in [2.45, 2.75) is 0 Å². The van der Waals surface area contributed by atoms with E-state index in [4.69, 9.17) is 4.42 Å². The fourth-order valence-electron chi connectivity index (χ4n) is 10.1. The van der Waals surface area contributed by atoms with Gasteiger partial charge in [-0.3, -0.25) is 0 Å². The van der Waals surface area contributed by atoms with Crippen LogP contribution in [0.15, 0.2) is 235 Å². The molecule has 3 heterocycles. The van der Waals surface area contributed by atoms with Gasteiger partial charge in [-0.1, -0.05) is 176 Å². The van der Waals surface area contributed by atoms with Crippen molar-refractivity contribution in [3.8, 4) is 55.9 Å². The molecular formula is C60H38N2O. The predicted octanol–water partition coefficient (Wildman–Crippen LogP) is 16.4. The molecule has 3 nitrogen and oxygen atoms in total. The molecule has 0 spiro atoms. The maximum atomic E-state index is 6.17. The predicted molar refractivity (Wildman–Crippen MR) is 264 cm³/mol. The lowest BCUT2D eigenvalue weighted by molar-refractivity contribution is 0.669. The van der Waals surface area contributed by atoms with Crippen LogP contribution in [0.1, 0.15) is 0 Å². The molecule has 63 heavy (non-hydrogen) atoms. The van der Waals surface area contributed by atoms with E-state index in [9.17, 15) is 0 Å². The molecular weight excluding hydrogens is 765 g/mol. The third-order valence-electron chi connectivity index (χ3n) is 13.0. The van der Waals surface area contributed by atoms with E-state index in [0.717, 1.165) is 33.3 Å². The van der Waals surface area contributed by atoms with Crippen LogP contribution >= 0.6 is 0 Å². The van der Waals surface area contributed by atoms with Crippen molar-refractivity contribution >= 4 is 65.6 Å². The van der Waals surface area contributed by atoms with Crippen LogP contribution in [0.2, 0.25) is 0 Å². The van der Waals surface area contributed by atoms with Gasteiger partial charge < -0.3 is 13.6 Å². The van der Waals surface area contributed by atoms with Gasteiger partial charge in [0.15, 0.2) is 0 Å². The summed E-state index contributed by atoms with van der Waals surface area (Å²) in [4.78, 5) is 0. The molecule has 0 aliphatic heterocycles. The fraction of sp³-hybridized carbons (Fsp3) is 0. The average Bonchev–Trinajstić information content (AvgIpc) is 4.03. The molecule has 0 atom stereocenters. The van der Waals surface area contributed by atoms with E-state index in [2.05, 4.69) is 228 Å². The van der Waals surface area contributed by atoms with E-state index < -0.39 is 0 Å². The Kier molecular flexibility index (Phi) is 7.91. The lowest BCUT2D eigenvalue weighted by atomic mass is 9.96. The normalized spacial score (nSPS) is 11.8. The van der Waals surface area contributed by atoms with E-state index in [0.29, 0.717) is 0 Å². The minimum Gasteiger partial charge on any atom is -0.456 e. The summed E-state index contributed by atoms with van der Waals surface area (Å²) in [5.74, 6) is 0. The molecule has 0 amide bonds. The second kappa shape index (κ2) is 14.1. The van der Waals surface area contributed by atoms with Crippen molar-refractivity contribution in [1.29, 1.82) is 0 Å². The van der Waals surface area contributed by atoms with Crippen LogP contribution < -0.4 is 0 Å². The van der Waals surface area contributed by atoms with Crippen molar-refractivity contribution < 1.29 is 4.42 Å². The Morgan fingerprint density at radius 1 is 0.254 bits per heavy atom. The minimum atomic E-state index is 0.915. The Balaban J connectivity index is 0.872. The number of rotatable bonds is 6. The highest BCUT2D eigenvalue weighted by Gasteiger charge is 2.21. The Labute approximate surface area is 363 Å². The second-order valence-electron chi connectivity index (χ2n) is 16.4. The number of hydrogen-bond acceptors (Lipinski definition) is 1. The smallest absolute Gasteiger partial charge is 0.136 e. The molecule has 10 aromatic carbocycles. The first-order valence-corrected chi connectivity index (χ1v) is 21.6. The second-order valence-corrected chi connectivity index (χ2v) is 16.4. The largest absolute Gasteiger partial charge is 0.456 e. The molecule has 0 radical (unpaired) electrons. The number of fused-ring (bicyclic) bond motifs is 9.